The maximum absolute atomic E-state index is 12.5. The number of rotatable bonds is 3. The topological polar surface area (TPSA) is 58.8 Å². The van der Waals surface area contributed by atoms with E-state index in [9.17, 15) is 4.79 Å². The van der Waals surface area contributed by atoms with E-state index in [0.717, 1.165) is 12.8 Å². The van der Waals surface area contributed by atoms with E-state index < -0.39 is 0 Å². The SMILES string of the molecule is NC(=S)CN(C(=O)N1CCOCC1)C1CCCC1. The van der Waals surface area contributed by atoms with Crippen LogP contribution in [0.15, 0.2) is 0 Å². The molecule has 0 aromatic heterocycles. The monoisotopic (exact) mass is 271 g/mol. The molecule has 2 rings (SSSR count). The van der Waals surface area contributed by atoms with Gasteiger partial charge in [-0.15, -0.1) is 0 Å². The van der Waals surface area contributed by atoms with Crippen LogP contribution in [0.1, 0.15) is 25.7 Å². The molecule has 0 atom stereocenters. The molecule has 18 heavy (non-hydrogen) atoms. The average Bonchev–Trinajstić information content (AvgIpc) is 2.89. The van der Waals surface area contributed by atoms with Crippen LogP contribution in [-0.4, -0.2) is 59.7 Å². The van der Waals surface area contributed by atoms with Gasteiger partial charge in [0.15, 0.2) is 0 Å². The first kappa shape index (κ1) is 13.5. The summed E-state index contributed by atoms with van der Waals surface area (Å²) in [5.74, 6) is 0. The van der Waals surface area contributed by atoms with Gasteiger partial charge in [-0.25, -0.2) is 4.79 Å². The molecule has 0 aromatic rings. The molecule has 0 radical (unpaired) electrons. The van der Waals surface area contributed by atoms with Gasteiger partial charge in [0.25, 0.3) is 0 Å². The van der Waals surface area contributed by atoms with Crippen molar-refractivity contribution in [2.75, 3.05) is 32.8 Å². The Morgan fingerprint density at radius 1 is 1.33 bits per heavy atom. The van der Waals surface area contributed by atoms with Crippen molar-refractivity contribution >= 4 is 23.2 Å². The number of hydrogen-bond acceptors (Lipinski definition) is 3. The molecule has 102 valence electrons. The van der Waals surface area contributed by atoms with E-state index >= 15 is 0 Å². The highest BCUT2D eigenvalue weighted by Gasteiger charge is 2.30. The summed E-state index contributed by atoms with van der Waals surface area (Å²) in [6.07, 6.45) is 4.52. The van der Waals surface area contributed by atoms with Crippen molar-refractivity contribution in [3.8, 4) is 0 Å². The number of urea groups is 1. The molecular weight excluding hydrogens is 250 g/mol. The molecule has 1 saturated heterocycles. The van der Waals surface area contributed by atoms with Gasteiger partial charge in [-0.1, -0.05) is 25.1 Å². The number of morpholine rings is 1. The van der Waals surface area contributed by atoms with Gasteiger partial charge in [0.05, 0.1) is 24.7 Å². The number of ether oxygens (including phenoxy) is 1. The second kappa shape index (κ2) is 6.33. The number of nitrogens with zero attached hydrogens (tertiary/aromatic N) is 2. The Hall–Kier alpha value is -0.880. The van der Waals surface area contributed by atoms with Crippen molar-refractivity contribution in [3.05, 3.63) is 0 Å². The minimum Gasteiger partial charge on any atom is -0.392 e. The van der Waals surface area contributed by atoms with E-state index in [0.29, 0.717) is 43.9 Å². The summed E-state index contributed by atoms with van der Waals surface area (Å²) in [4.78, 5) is 16.6. The fraction of sp³-hybridized carbons (Fsp3) is 0.833. The van der Waals surface area contributed by atoms with E-state index in [1.165, 1.54) is 12.8 Å². The third-order valence-corrected chi connectivity index (χ3v) is 3.75. The standard InChI is InChI=1S/C12H21N3O2S/c13-11(18)9-15(10-3-1-2-4-10)12(16)14-5-7-17-8-6-14/h10H,1-9H2,(H2,13,18). The van der Waals surface area contributed by atoms with Crippen LogP contribution in [0.4, 0.5) is 4.79 Å². The molecule has 0 aromatic carbocycles. The molecule has 1 aliphatic carbocycles. The van der Waals surface area contributed by atoms with Crippen molar-refractivity contribution in [1.29, 1.82) is 0 Å². The molecule has 0 unspecified atom stereocenters. The average molecular weight is 271 g/mol. The van der Waals surface area contributed by atoms with E-state index in [1.807, 2.05) is 9.80 Å². The molecular formula is C12H21N3O2S. The Morgan fingerprint density at radius 3 is 2.50 bits per heavy atom. The van der Waals surface area contributed by atoms with Crippen molar-refractivity contribution in [2.24, 2.45) is 5.73 Å². The zero-order valence-corrected chi connectivity index (χ0v) is 11.5. The number of hydrogen-bond donors (Lipinski definition) is 1. The summed E-state index contributed by atoms with van der Waals surface area (Å²) in [7, 11) is 0. The van der Waals surface area contributed by atoms with E-state index in [-0.39, 0.29) is 6.03 Å². The predicted octanol–water partition coefficient (Wildman–Crippen LogP) is 0.969. The summed E-state index contributed by atoms with van der Waals surface area (Å²) < 4.78 is 5.27. The molecule has 2 amide bonds. The maximum atomic E-state index is 12.5. The van der Waals surface area contributed by atoms with Crippen LogP contribution in [0.5, 0.6) is 0 Å². The van der Waals surface area contributed by atoms with Crippen LogP contribution in [0.2, 0.25) is 0 Å². The minimum atomic E-state index is 0.0676. The van der Waals surface area contributed by atoms with Crippen molar-refractivity contribution in [3.63, 3.8) is 0 Å². The van der Waals surface area contributed by atoms with Crippen LogP contribution in [0, 0.1) is 0 Å². The Bertz CT molecular complexity index is 312. The van der Waals surface area contributed by atoms with Crippen molar-refractivity contribution < 1.29 is 9.53 Å². The molecule has 1 saturated carbocycles. The largest absolute Gasteiger partial charge is 0.392 e. The maximum Gasteiger partial charge on any atom is 0.320 e. The van der Waals surface area contributed by atoms with Crippen LogP contribution in [-0.2, 0) is 4.74 Å². The zero-order valence-electron chi connectivity index (χ0n) is 10.6. The summed E-state index contributed by atoms with van der Waals surface area (Å²) in [5, 5.41) is 0. The highest BCUT2D eigenvalue weighted by molar-refractivity contribution is 7.80. The molecule has 2 fully saturated rings. The smallest absolute Gasteiger partial charge is 0.320 e. The van der Waals surface area contributed by atoms with Crippen molar-refractivity contribution in [1.82, 2.24) is 9.80 Å². The molecule has 2 aliphatic rings. The van der Waals surface area contributed by atoms with Gasteiger partial charge < -0.3 is 20.3 Å². The lowest BCUT2D eigenvalue weighted by Gasteiger charge is -2.36. The molecule has 1 aliphatic heterocycles. The summed E-state index contributed by atoms with van der Waals surface area (Å²) in [5.41, 5.74) is 5.62. The Balaban J connectivity index is 2.01. The Labute approximate surface area is 113 Å². The number of carbonyl (C=O) groups excluding carboxylic acids is 1. The molecule has 5 nitrogen and oxygen atoms in total. The van der Waals surface area contributed by atoms with E-state index in [4.69, 9.17) is 22.7 Å². The highest BCUT2D eigenvalue weighted by Crippen LogP contribution is 2.24. The molecule has 0 spiro atoms. The molecule has 0 bridgehead atoms. The normalized spacial score (nSPS) is 21.0. The zero-order chi connectivity index (χ0) is 13.0. The second-order valence-corrected chi connectivity index (χ2v) is 5.44. The minimum absolute atomic E-state index is 0.0676. The van der Waals surface area contributed by atoms with Crippen LogP contribution >= 0.6 is 12.2 Å². The van der Waals surface area contributed by atoms with Crippen LogP contribution in [0.25, 0.3) is 0 Å². The van der Waals surface area contributed by atoms with Gasteiger partial charge in [0.1, 0.15) is 0 Å². The first-order chi connectivity index (χ1) is 8.68. The van der Waals surface area contributed by atoms with Crippen LogP contribution in [0.3, 0.4) is 0 Å². The lowest BCUT2D eigenvalue weighted by atomic mass is 10.2. The fourth-order valence-corrected chi connectivity index (χ4v) is 2.81. The number of carbonyl (C=O) groups is 1. The number of thiocarbonyl (C=S) groups is 1. The predicted molar refractivity (Wildman–Crippen MR) is 73.5 cm³/mol. The first-order valence-corrected chi connectivity index (χ1v) is 7.01. The van der Waals surface area contributed by atoms with Gasteiger partial charge in [0.2, 0.25) is 0 Å². The van der Waals surface area contributed by atoms with E-state index in [2.05, 4.69) is 0 Å². The van der Waals surface area contributed by atoms with Gasteiger partial charge in [-0.2, -0.15) is 0 Å². The quantitative estimate of drug-likeness (QED) is 0.777. The Kier molecular flexibility index (Phi) is 4.77. The van der Waals surface area contributed by atoms with Gasteiger partial charge in [0, 0.05) is 19.1 Å². The fourth-order valence-electron chi connectivity index (χ4n) is 2.67. The van der Waals surface area contributed by atoms with Gasteiger partial charge in [-0.3, -0.25) is 0 Å². The summed E-state index contributed by atoms with van der Waals surface area (Å²) in [6.45, 7) is 2.98. The number of nitrogens with two attached hydrogens (primary N) is 1. The molecule has 2 N–H and O–H groups in total. The number of amides is 2. The first-order valence-electron chi connectivity index (χ1n) is 6.60. The van der Waals surface area contributed by atoms with Crippen LogP contribution < -0.4 is 5.73 Å². The van der Waals surface area contributed by atoms with E-state index in [1.54, 1.807) is 0 Å². The lowest BCUT2D eigenvalue weighted by Crippen LogP contribution is -2.53. The highest BCUT2D eigenvalue weighted by atomic mass is 32.1. The Morgan fingerprint density at radius 2 is 1.94 bits per heavy atom. The van der Waals surface area contributed by atoms with Gasteiger partial charge >= 0.3 is 6.03 Å². The lowest BCUT2D eigenvalue weighted by molar-refractivity contribution is 0.0411. The third kappa shape index (κ3) is 3.32. The second-order valence-electron chi connectivity index (χ2n) is 4.91. The molecule has 1 heterocycles. The molecule has 6 heteroatoms. The summed E-state index contributed by atoms with van der Waals surface area (Å²) in [6, 6.07) is 0.375. The third-order valence-electron chi connectivity index (χ3n) is 3.62. The van der Waals surface area contributed by atoms with Crippen molar-refractivity contribution in [2.45, 2.75) is 31.7 Å². The summed E-state index contributed by atoms with van der Waals surface area (Å²) >= 11 is 4.97. The van der Waals surface area contributed by atoms with Gasteiger partial charge in [-0.05, 0) is 12.8 Å².